The molecule has 0 aliphatic carbocycles. The number of alkyl halides is 6. The third-order valence-electron chi connectivity index (χ3n) is 4.78. The number of rotatable bonds is 7. The molecule has 0 aliphatic heterocycles. The zero-order chi connectivity index (χ0) is 25.8. The molecule has 184 valence electrons. The molecule has 5 nitrogen and oxygen atoms in total. The molecular weight excluding hydrogens is 492 g/mol. The van der Waals surface area contributed by atoms with Crippen molar-refractivity contribution in [2.45, 2.75) is 32.2 Å². The molecule has 0 bridgehead atoms. The summed E-state index contributed by atoms with van der Waals surface area (Å²) in [6, 6.07) is 0.628. The van der Waals surface area contributed by atoms with Crippen LogP contribution < -0.4 is 0 Å². The minimum atomic E-state index is -4.96. The topological polar surface area (TPSA) is 56.0 Å². The number of allylic oxidation sites excluding steroid dienone is 2. The number of aliphatic imine (C=N–C) groups is 1. The predicted octanol–water partition coefficient (Wildman–Crippen LogP) is 7.17. The highest BCUT2D eigenvalue weighted by Crippen LogP contribution is 2.39. The lowest BCUT2D eigenvalue weighted by Gasteiger charge is -2.20. The van der Waals surface area contributed by atoms with Crippen LogP contribution in [-0.4, -0.2) is 26.2 Å². The van der Waals surface area contributed by atoms with Gasteiger partial charge in [-0.25, -0.2) is 0 Å². The second-order valence-electron chi connectivity index (χ2n) is 7.18. The maximum Gasteiger partial charge on any atom is 0.416 e. The van der Waals surface area contributed by atoms with Crippen LogP contribution in [0.15, 0.2) is 54.3 Å². The van der Waals surface area contributed by atoms with Crippen LogP contribution in [0.1, 0.15) is 52.2 Å². The largest absolute Gasteiger partial charge is 0.416 e. The first kappa shape index (κ1) is 26.1. The maximum absolute atomic E-state index is 13.5. The van der Waals surface area contributed by atoms with Gasteiger partial charge >= 0.3 is 12.4 Å². The van der Waals surface area contributed by atoms with Crippen LogP contribution >= 0.6 is 11.3 Å². The standard InChI is InChI=1S/C23H19F6N5S/c1-4-6-19(30-5-2)21-33-32-20(35-21)10-7-15-12-31-34(13-15)14(3)17-9-8-16(22(24,25)26)11-18(17)23(27,28)29/h4-14H,1H2,2-3H3/b10-7-,19-6-,30-5?. The van der Waals surface area contributed by atoms with Gasteiger partial charge in [0.25, 0.3) is 0 Å². The van der Waals surface area contributed by atoms with E-state index in [1.165, 1.54) is 35.3 Å². The van der Waals surface area contributed by atoms with E-state index in [0.717, 1.165) is 6.07 Å². The Morgan fingerprint density at radius 1 is 1.11 bits per heavy atom. The Bertz CT molecular complexity index is 1280. The summed E-state index contributed by atoms with van der Waals surface area (Å²) in [4.78, 5) is 4.20. The lowest BCUT2D eigenvalue weighted by molar-refractivity contribution is -0.143. The molecule has 2 heterocycles. The van der Waals surface area contributed by atoms with E-state index in [1.54, 1.807) is 37.4 Å². The molecule has 2 aromatic heterocycles. The van der Waals surface area contributed by atoms with Gasteiger partial charge in [0.15, 0.2) is 5.01 Å². The molecular formula is C23H19F6N5S. The Balaban J connectivity index is 1.85. The Morgan fingerprint density at radius 3 is 2.49 bits per heavy atom. The van der Waals surface area contributed by atoms with Crippen molar-refractivity contribution >= 4 is 35.4 Å². The highest BCUT2D eigenvalue weighted by atomic mass is 32.1. The lowest BCUT2D eigenvalue weighted by Crippen LogP contribution is -2.17. The van der Waals surface area contributed by atoms with Gasteiger partial charge < -0.3 is 0 Å². The van der Waals surface area contributed by atoms with Gasteiger partial charge in [-0.2, -0.15) is 31.4 Å². The van der Waals surface area contributed by atoms with E-state index in [4.69, 9.17) is 0 Å². The third kappa shape index (κ3) is 6.32. The molecule has 0 saturated heterocycles. The summed E-state index contributed by atoms with van der Waals surface area (Å²) in [7, 11) is 0. The fraction of sp³-hybridized carbons (Fsp3) is 0.217. The van der Waals surface area contributed by atoms with E-state index in [2.05, 4.69) is 26.9 Å². The minimum Gasteiger partial charge on any atom is -0.265 e. The molecule has 0 aliphatic rings. The molecule has 35 heavy (non-hydrogen) atoms. The molecule has 1 unspecified atom stereocenters. The predicted molar refractivity (Wildman–Crippen MR) is 124 cm³/mol. The van der Waals surface area contributed by atoms with E-state index in [9.17, 15) is 26.3 Å². The van der Waals surface area contributed by atoms with Crippen LogP contribution in [0.2, 0.25) is 0 Å². The normalized spacial score (nSPS) is 14.2. The Hall–Kier alpha value is -3.54. The summed E-state index contributed by atoms with van der Waals surface area (Å²) in [5.41, 5.74) is -1.89. The van der Waals surface area contributed by atoms with Gasteiger partial charge in [0, 0.05) is 18.0 Å². The van der Waals surface area contributed by atoms with Crippen LogP contribution in [0.3, 0.4) is 0 Å². The average molecular weight is 511 g/mol. The van der Waals surface area contributed by atoms with Crippen molar-refractivity contribution in [3.05, 3.63) is 81.6 Å². The summed E-state index contributed by atoms with van der Waals surface area (Å²) in [5, 5.41) is 13.4. The van der Waals surface area contributed by atoms with Gasteiger partial charge in [-0.1, -0.05) is 30.1 Å². The highest BCUT2D eigenvalue weighted by Gasteiger charge is 2.39. The highest BCUT2D eigenvalue weighted by molar-refractivity contribution is 7.13. The van der Waals surface area contributed by atoms with E-state index < -0.39 is 29.5 Å². The molecule has 3 rings (SSSR count). The van der Waals surface area contributed by atoms with Gasteiger partial charge in [0.05, 0.1) is 23.4 Å². The first-order valence-electron chi connectivity index (χ1n) is 10.1. The Labute approximate surface area is 200 Å². The number of benzene rings is 1. The molecule has 0 N–H and O–H groups in total. The molecule has 0 radical (unpaired) electrons. The van der Waals surface area contributed by atoms with Gasteiger partial charge in [-0.15, -0.1) is 10.2 Å². The second-order valence-corrected chi connectivity index (χ2v) is 8.19. The van der Waals surface area contributed by atoms with E-state index in [-0.39, 0.29) is 11.6 Å². The zero-order valence-corrected chi connectivity index (χ0v) is 19.3. The van der Waals surface area contributed by atoms with Crippen molar-refractivity contribution in [3.8, 4) is 0 Å². The van der Waals surface area contributed by atoms with Gasteiger partial charge in [-0.3, -0.25) is 9.67 Å². The van der Waals surface area contributed by atoms with Crippen molar-refractivity contribution in [3.63, 3.8) is 0 Å². The first-order chi connectivity index (χ1) is 16.4. The number of hydrogen-bond donors (Lipinski definition) is 0. The van der Waals surface area contributed by atoms with Crippen molar-refractivity contribution < 1.29 is 26.3 Å². The van der Waals surface area contributed by atoms with Crippen molar-refractivity contribution in [2.75, 3.05) is 0 Å². The Morgan fingerprint density at radius 2 is 1.86 bits per heavy atom. The van der Waals surface area contributed by atoms with E-state index >= 15 is 0 Å². The molecule has 0 amide bonds. The summed E-state index contributed by atoms with van der Waals surface area (Å²) in [5.74, 6) is 0. The van der Waals surface area contributed by atoms with E-state index in [0.29, 0.717) is 27.3 Å². The van der Waals surface area contributed by atoms with Crippen LogP contribution in [-0.2, 0) is 12.4 Å². The first-order valence-corrected chi connectivity index (χ1v) is 10.9. The summed E-state index contributed by atoms with van der Waals surface area (Å²) in [6.07, 6.45) is 1.26. The summed E-state index contributed by atoms with van der Waals surface area (Å²) >= 11 is 1.28. The number of nitrogens with zero attached hydrogens (tertiary/aromatic N) is 5. The second kappa shape index (κ2) is 10.4. The van der Waals surface area contributed by atoms with Crippen molar-refractivity contribution in [2.24, 2.45) is 4.99 Å². The quantitative estimate of drug-likeness (QED) is 0.192. The molecule has 1 aromatic carbocycles. The summed E-state index contributed by atoms with van der Waals surface area (Å²) in [6.45, 7) is 6.83. The molecule has 1 atom stereocenters. The van der Waals surface area contributed by atoms with Crippen molar-refractivity contribution in [1.29, 1.82) is 0 Å². The zero-order valence-electron chi connectivity index (χ0n) is 18.5. The fourth-order valence-corrected chi connectivity index (χ4v) is 3.85. The minimum absolute atomic E-state index is 0.126. The average Bonchev–Trinajstić information content (AvgIpc) is 3.45. The number of aromatic nitrogens is 4. The summed E-state index contributed by atoms with van der Waals surface area (Å²) < 4.78 is 80.7. The van der Waals surface area contributed by atoms with Gasteiger partial charge in [0.2, 0.25) is 0 Å². The van der Waals surface area contributed by atoms with Gasteiger partial charge in [-0.05, 0) is 49.8 Å². The SMILES string of the molecule is C=C/C=C(\N=CC)c1nnc(/C=C\c2cnn(C(C)c3ccc(C(F)(F)F)cc3C(F)(F)F)c2)s1. The number of halogens is 6. The molecule has 0 saturated carbocycles. The van der Waals surface area contributed by atoms with Crippen LogP contribution in [0.25, 0.3) is 17.8 Å². The molecule has 3 aromatic rings. The fourth-order valence-electron chi connectivity index (χ4n) is 3.13. The monoisotopic (exact) mass is 511 g/mol. The smallest absolute Gasteiger partial charge is 0.265 e. The maximum atomic E-state index is 13.5. The van der Waals surface area contributed by atoms with Crippen LogP contribution in [0, 0.1) is 0 Å². The third-order valence-corrected chi connectivity index (χ3v) is 5.69. The molecule has 0 fully saturated rings. The Kier molecular flexibility index (Phi) is 7.73. The van der Waals surface area contributed by atoms with Gasteiger partial charge in [0.1, 0.15) is 10.7 Å². The van der Waals surface area contributed by atoms with Crippen LogP contribution in [0.5, 0.6) is 0 Å². The lowest BCUT2D eigenvalue weighted by atomic mass is 9.98. The van der Waals surface area contributed by atoms with E-state index in [1.807, 2.05) is 0 Å². The van der Waals surface area contributed by atoms with Crippen LogP contribution in [0.4, 0.5) is 26.3 Å². The molecule has 12 heteroatoms. The van der Waals surface area contributed by atoms with Crippen molar-refractivity contribution in [1.82, 2.24) is 20.0 Å². The number of hydrogen-bond acceptors (Lipinski definition) is 5. The molecule has 0 spiro atoms.